The predicted molar refractivity (Wildman–Crippen MR) is 109 cm³/mol. The van der Waals surface area contributed by atoms with Crippen molar-refractivity contribution in [1.29, 1.82) is 0 Å². The number of aliphatic imine (C=N–C) groups is 1. The van der Waals surface area contributed by atoms with E-state index < -0.39 is 0 Å². The zero-order chi connectivity index (χ0) is 19.2. The number of nitrogens with zero attached hydrogens (tertiary/aromatic N) is 2. The molecule has 0 saturated carbocycles. The summed E-state index contributed by atoms with van der Waals surface area (Å²) in [6, 6.07) is 13.6. The Kier molecular flexibility index (Phi) is 6.29. The molecule has 0 radical (unpaired) electrons. The Morgan fingerprint density at radius 2 is 1.81 bits per heavy atom. The van der Waals surface area contributed by atoms with Gasteiger partial charge in [-0.15, -0.1) is 0 Å². The number of carbonyl (C=O) groups is 1. The van der Waals surface area contributed by atoms with Gasteiger partial charge in [-0.2, -0.15) is 0 Å². The van der Waals surface area contributed by atoms with Crippen LogP contribution in [0, 0.1) is 5.82 Å². The Labute approximate surface area is 162 Å². The van der Waals surface area contributed by atoms with Crippen molar-refractivity contribution in [2.24, 2.45) is 4.99 Å². The third kappa shape index (κ3) is 4.77. The average molecular weight is 384 g/mol. The molecule has 0 unspecified atom stereocenters. The van der Waals surface area contributed by atoms with E-state index in [0.29, 0.717) is 28.9 Å². The van der Waals surface area contributed by atoms with Gasteiger partial charge < -0.3 is 4.74 Å². The fraction of sp³-hybridized carbons (Fsp3) is 0.238. The fourth-order valence-electron chi connectivity index (χ4n) is 2.53. The highest BCUT2D eigenvalue weighted by molar-refractivity contribution is 8.18. The number of carbonyl (C=O) groups excluding carboxylic acids is 1. The number of ether oxygens (including phenoxy) is 1. The van der Waals surface area contributed by atoms with Crippen LogP contribution < -0.4 is 4.74 Å². The van der Waals surface area contributed by atoms with Crippen LogP contribution in [0.2, 0.25) is 0 Å². The molecular weight excluding hydrogens is 363 g/mol. The number of amidine groups is 1. The first-order valence-corrected chi connectivity index (χ1v) is 9.71. The van der Waals surface area contributed by atoms with E-state index in [1.54, 1.807) is 17.0 Å². The van der Waals surface area contributed by atoms with Crippen LogP contribution >= 0.6 is 11.8 Å². The number of amides is 1. The molecule has 1 heterocycles. The average Bonchev–Trinajstić information content (AvgIpc) is 2.97. The van der Waals surface area contributed by atoms with Crippen molar-refractivity contribution in [3.8, 4) is 5.75 Å². The smallest absolute Gasteiger partial charge is 0.266 e. The van der Waals surface area contributed by atoms with E-state index in [0.717, 1.165) is 17.7 Å². The molecule has 6 heteroatoms. The van der Waals surface area contributed by atoms with Crippen LogP contribution in [0.4, 0.5) is 10.1 Å². The standard InChI is InChI=1S/C21H21FN2O2S/c1-3-13-26-18-11-5-15(6-12-18)14-19-20(25)24(4-2)21(27-19)23-17-9-7-16(22)8-10-17/h5-12,14H,3-4,13H2,1-2H3/b19-14+,23-21?. The molecular formula is C21H21FN2O2S. The van der Waals surface area contributed by atoms with Crippen molar-refractivity contribution < 1.29 is 13.9 Å². The third-order valence-electron chi connectivity index (χ3n) is 3.91. The first-order valence-electron chi connectivity index (χ1n) is 8.89. The molecule has 2 aromatic carbocycles. The molecule has 0 aromatic heterocycles. The van der Waals surface area contributed by atoms with Gasteiger partial charge in [0.1, 0.15) is 11.6 Å². The van der Waals surface area contributed by atoms with Gasteiger partial charge in [0.2, 0.25) is 0 Å². The molecule has 0 bridgehead atoms. The summed E-state index contributed by atoms with van der Waals surface area (Å²) in [7, 11) is 0. The summed E-state index contributed by atoms with van der Waals surface area (Å²) < 4.78 is 18.7. The van der Waals surface area contributed by atoms with Crippen LogP contribution in [-0.2, 0) is 4.79 Å². The van der Waals surface area contributed by atoms with Crippen LogP contribution in [0.1, 0.15) is 25.8 Å². The fourth-order valence-corrected chi connectivity index (χ4v) is 3.59. The first-order chi connectivity index (χ1) is 13.1. The number of thioether (sulfide) groups is 1. The van der Waals surface area contributed by atoms with E-state index in [9.17, 15) is 9.18 Å². The third-order valence-corrected chi connectivity index (χ3v) is 4.91. The van der Waals surface area contributed by atoms with Gasteiger partial charge in [0.15, 0.2) is 5.17 Å². The van der Waals surface area contributed by atoms with E-state index in [4.69, 9.17) is 4.74 Å². The highest BCUT2D eigenvalue weighted by atomic mass is 32.2. The van der Waals surface area contributed by atoms with Gasteiger partial charge in [0.05, 0.1) is 17.2 Å². The quantitative estimate of drug-likeness (QED) is 0.640. The molecule has 2 aromatic rings. The van der Waals surface area contributed by atoms with Crippen molar-refractivity contribution in [1.82, 2.24) is 4.90 Å². The second-order valence-corrected chi connectivity index (χ2v) is 6.96. The van der Waals surface area contributed by atoms with Gasteiger partial charge in [-0.05, 0) is 73.1 Å². The van der Waals surface area contributed by atoms with E-state index >= 15 is 0 Å². The first kappa shape index (κ1) is 19.2. The van der Waals surface area contributed by atoms with Crippen LogP contribution in [0.15, 0.2) is 58.4 Å². The maximum Gasteiger partial charge on any atom is 0.266 e. The largest absolute Gasteiger partial charge is 0.494 e. The summed E-state index contributed by atoms with van der Waals surface area (Å²) in [4.78, 5) is 19.4. The monoisotopic (exact) mass is 384 g/mol. The van der Waals surface area contributed by atoms with E-state index in [-0.39, 0.29) is 11.7 Å². The summed E-state index contributed by atoms with van der Waals surface area (Å²) in [6.45, 7) is 5.17. The number of benzene rings is 2. The molecule has 0 spiro atoms. The lowest BCUT2D eigenvalue weighted by Gasteiger charge is -2.11. The molecule has 0 aliphatic carbocycles. The van der Waals surface area contributed by atoms with Crippen molar-refractivity contribution in [2.75, 3.05) is 13.2 Å². The Hall–Kier alpha value is -2.60. The van der Waals surface area contributed by atoms with Gasteiger partial charge in [-0.25, -0.2) is 9.38 Å². The zero-order valence-corrected chi connectivity index (χ0v) is 16.1. The van der Waals surface area contributed by atoms with Crippen LogP contribution in [0.5, 0.6) is 5.75 Å². The van der Waals surface area contributed by atoms with Crippen molar-refractivity contribution >= 4 is 34.6 Å². The van der Waals surface area contributed by atoms with Gasteiger partial charge >= 0.3 is 0 Å². The van der Waals surface area contributed by atoms with Gasteiger partial charge in [-0.1, -0.05) is 19.1 Å². The van der Waals surface area contributed by atoms with Crippen molar-refractivity contribution in [2.45, 2.75) is 20.3 Å². The maximum absolute atomic E-state index is 13.1. The molecule has 140 valence electrons. The van der Waals surface area contributed by atoms with Crippen molar-refractivity contribution in [3.05, 3.63) is 64.8 Å². The summed E-state index contributed by atoms with van der Waals surface area (Å²) in [6.07, 6.45) is 2.81. The molecule has 1 fully saturated rings. The lowest BCUT2D eigenvalue weighted by atomic mass is 10.2. The van der Waals surface area contributed by atoms with Crippen LogP contribution in [0.25, 0.3) is 6.08 Å². The zero-order valence-electron chi connectivity index (χ0n) is 15.3. The van der Waals surface area contributed by atoms with Gasteiger partial charge in [-0.3, -0.25) is 9.69 Å². The number of hydrogen-bond donors (Lipinski definition) is 0. The molecule has 1 aliphatic heterocycles. The normalized spacial score (nSPS) is 17.1. The molecule has 1 amide bonds. The molecule has 0 N–H and O–H groups in total. The molecule has 1 aliphatic rings. The summed E-state index contributed by atoms with van der Waals surface area (Å²) in [5.41, 5.74) is 1.54. The number of rotatable bonds is 6. The summed E-state index contributed by atoms with van der Waals surface area (Å²) >= 11 is 1.33. The lowest BCUT2D eigenvalue weighted by Crippen LogP contribution is -2.28. The number of likely N-dealkylation sites (N-methyl/N-ethyl adjacent to an activating group) is 1. The Morgan fingerprint density at radius 1 is 1.11 bits per heavy atom. The Bertz CT molecular complexity index is 861. The number of hydrogen-bond acceptors (Lipinski definition) is 4. The summed E-state index contributed by atoms with van der Waals surface area (Å²) in [5, 5.41) is 0.600. The highest BCUT2D eigenvalue weighted by Crippen LogP contribution is 2.34. The van der Waals surface area contributed by atoms with Crippen LogP contribution in [-0.4, -0.2) is 29.1 Å². The molecule has 0 atom stereocenters. The second-order valence-electron chi connectivity index (χ2n) is 5.95. The van der Waals surface area contributed by atoms with Gasteiger partial charge in [0, 0.05) is 6.54 Å². The van der Waals surface area contributed by atoms with Gasteiger partial charge in [0.25, 0.3) is 5.91 Å². The predicted octanol–water partition coefficient (Wildman–Crippen LogP) is 5.24. The highest BCUT2D eigenvalue weighted by Gasteiger charge is 2.32. The lowest BCUT2D eigenvalue weighted by molar-refractivity contribution is -0.122. The number of halogens is 1. The molecule has 3 rings (SSSR count). The minimum Gasteiger partial charge on any atom is -0.494 e. The Balaban J connectivity index is 1.81. The summed E-state index contributed by atoms with van der Waals surface area (Å²) in [5.74, 6) is 0.432. The molecule has 27 heavy (non-hydrogen) atoms. The molecule has 1 saturated heterocycles. The SMILES string of the molecule is CCCOc1ccc(/C=C2/SC(=Nc3ccc(F)cc3)N(CC)C2=O)cc1. The van der Waals surface area contributed by atoms with Crippen LogP contribution in [0.3, 0.4) is 0 Å². The molecule has 4 nitrogen and oxygen atoms in total. The Morgan fingerprint density at radius 3 is 2.44 bits per heavy atom. The minimum absolute atomic E-state index is 0.0744. The topological polar surface area (TPSA) is 41.9 Å². The van der Waals surface area contributed by atoms with E-state index in [1.807, 2.05) is 37.3 Å². The van der Waals surface area contributed by atoms with E-state index in [1.165, 1.54) is 23.9 Å². The van der Waals surface area contributed by atoms with Crippen molar-refractivity contribution in [3.63, 3.8) is 0 Å². The minimum atomic E-state index is -0.312. The second kappa shape index (κ2) is 8.86. The van der Waals surface area contributed by atoms with E-state index in [2.05, 4.69) is 11.9 Å². The maximum atomic E-state index is 13.1.